The number of carbonyl (C=O) groups excluding carboxylic acids is 1. The van der Waals surface area contributed by atoms with Crippen molar-refractivity contribution in [2.75, 3.05) is 10.8 Å². The summed E-state index contributed by atoms with van der Waals surface area (Å²) in [5.41, 5.74) is 0.636. The first-order chi connectivity index (χ1) is 16.4. The van der Waals surface area contributed by atoms with Crippen LogP contribution < -0.4 is 4.31 Å². The van der Waals surface area contributed by atoms with Crippen LogP contribution in [0, 0.1) is 5.82 Å². The molecule has 0 atom stereocenters. The summed E-state index contributed by atoms with van der Waals surface area (Å²) in [4.78, 5) is 11.7. The normalized spacial score (nSPS) is 14.7. The van der Waals surface area contributed by atoms with Crippen LogP contribution in [0.1, 0.15) is 29.2 Å². The maximum atomic E-state index is 14.3. The molecule has 0 aromatic heterocycles. The minimum absolute atomic E-state index is 0.0218. The lowest BCUT2D eigenvalue weighted by atomic mass is 9.98. The zero-order chi connectivity index (χ0) is 25.5. The van der Waals surface area contributed by atoms with Gasteiger partial charge in [-0.05, 0) is 60.0 Å². The molecule has 1 heterocycles. The van der Waals surface area contributed by atoms with Crippen molar-refractivity contribution >= 4 is 44.7 Å². The third kappa shape index (κ3) is 4.97. The van der Waals surface area contributed by atoms with E-state index in [0.29, 0.717) is 22.8 Å². The Morgan fingerprint density at radius 1 is 1.06 bits per heavy atom. The Hall–Kier alpha value is -3.17. The van der Waals surface area contributed by atoms with Crippen molar-refractivity contribution in [3.8, 4) is 0 Å². The zero-order valence-corrected chi connectivity index (χ0v) is 19.8. The van der Waals surface area contributed by atoms with Crippen molar-refractivity contribution < 1.29 is 30.8 Å². The zero-order valence-electron chi connectivity index (χ0n) is 18.2. The number of Topliss-reactive ketones (excluding diaryl/α,β-unsaturated/α-hetero) is 1. The first kappa shape index (κ1) is 24.9. The minimum Gasteiger partial charge on any atom is -0.297 e. The smallest absolute Gasteiger partial charge is 0.297 e. The number of allylic oxidation sites excluding steroid dienone is 1. The van der Waals surface area contributed by atoms with Crippen molar-refractivity contribution in [1.82, 2.24) is 0 Å². The van der Waals surface area contributed by atoms with Crippen LogP contribution in [0.25, 0.3) is 11.6 Å². The van der Waals surface area contributed by atoms with Gasteiger partial charge in [-0.1, -0.05) is 41.9 Å². The Morgan fingerprint density at radius 2 is 1.77 bits per heavy atom. The van der Waals surface area contributed by atoms with Gasteiger partial charge >= 0.3 is 6.18 Å². The van der Waals surface area contributed by atoms with Gasteiger partial charge in [0.15, 0.2) is 5.78 Å². The summed E-state index contributed by atoms with van der Waals surface area (Å²) in [6.07, 6.45) is -3.15. The Morgan fingerprint density at radius 3 is 2.46 bits per heavy atom. The number of rotatable bonds is 4. The number of benzene rings is 3. The van der Waals surface area contributed by atoms with E-state index in [1.165, 1.54) is 18.2 Å². The Bertz CT molecular complexity index is 1450. The number of nitrogens with zero attached hydrogens (tertiary/aromatic N) is 1. The van der Waals surface area contributed by atoms with E-state index in [0.717, 1.165) is 22.5 Å². The van der Waals surface area contributed by atoms with Crippen molar-refractivity contribution in [3.05, 3.63) is 93.8 Å². The summed E-state index contributed by atoms with van der Waals surface area (Å²) in [5.74, 6) is -0.922. The second-order valence-corrected chi connectivity index (χ2v) is 10.3. The number of fused-ring (bicyclic) bond motifs is 1. The van der Waals surface area contributed by atoms with Crippen LogP contribution in [0.3, 0.4) is 0 Å². The molecule has 35 heavy (non-hydrogen) atoms. The van der Waals surface area contributed by atoms with E-state index in [1.54, 1.807) is 31.2 Å². The first-order valence-electron chi connectivity index (χ1n) is 10.4. The molecule has 0 saturated heterocycles. The molecule has 3 aromatic carbocycles. The van der Waals surface area contributed by atoms with Crippen LogP contribution in [0.15, 0.2) is 65.6 Å². The standard InChI is InChI=1S/C25H18ClF4NO3S/c1-15(24-21(26)6-3-7-22(24)27)10-16-8-9-17-12-19(32)14-31(23(17)11-16)35(33,34)20-5-2-4-18(13-20)25(28,29)30/h2-11,13H,12,14H2,1H3/b15-10+. The predicted molar refractivity (Wildman–Crippen MR) is 126 cm³/mol. The fourth-order valence-corrected chi connectivity index (χ4v) is 5.77. The highest BCUT2D eigenvalue weighted by Crippen LogP contribution is 2.36. The van der Waals surface area contributed by atoms with Gasteiger partial charge in [-0.3, -0.25) is 9.10 Å². The highest BCUT2D eigenvalue weighted by molar-refractivity contribution is 7.92. The number of anilines is 1. The largest absolute Gasteiger partial charge is 0.416 e. The number of ketones is 1. The summed E-state index contributed by atoms with van der Waals surface area (Å²) in [7, 11) is -4.49. The number of hydrogen-bond acceptors (Lipinski definition) is 3. The van der Waals surface area contributed by atoms with E-state index in [1.807, 2.05) is 0 Å². The second kappa shape index (κ2) is 9.13. The number of sulfonamides is 1. The fourth-order valence-electron chi connectivity index (χ4n) is 3.94. The molecule has 3 aromatic rings. The van der Waals surface area contributed by atoms with E-state index < -0.39 is 44.8 Å². The van der Waals surface area contributed by atoms with E-state index in [2.05, 4.69) is 0 Å². The van der Waals surface area contributed by atoms with Gasteiger partial charge in [0.25, 0.3) is 10.0 Å². The van der Waals surface area contributed by atoms with Crippen molar-refractivity contribution in [3.63, 3.8) is 0 Å². The SMILES string of the molecule is C/C(=C\c1ccc2c(c1)N(S(=O)(=O)c1cccc(C(F)(F)F)c1)CC(=O)C2)c1c(F)cccc1Cl. The molecule has 0 unspecified atom stereocenters. The van der Waals surface area contributed by atoms with Crippen LogP contribution in [-0.4, -0.2) is 20.7 Å². The Balaban J connectivity index is 1.80. The highest BCUT2D eigenvalue weighted by atomic mass is 35.5. The average molecular weight is 524 g/mol. The van der Waals surface area contributed by atoms with Crippen LogP contribution in [0.5, 0.6) is 0 Å². The Labute approximate surface area is 204 Å². The van der Waals surface area contributed by atoms with Crippen LogP contribution in [-0.2, 0) is 27.4 Å². The van der Waals surface area contributed by atoms with Gasteiger partial charge in [-0.2, -0.15) is 13.2 Å². The van der Waals surface area contributed by atoms with E-state index >= 15 is 0 Å². The molecule has 0 N–H and O–H groups in total. The van der Waals surface area contributed by atoms with E-state index in [9.17, 15) is 30.8 Å². The number of halogens is 5. The molecular weight excluding hydrogens is 506 g/mol. The molecule has 0 radical (unpaired) electrons. The molecule has 1 aliphatic heterocycles. The third-order valence-electron chi connectivity index (χ3n) is 5.58. The van der Waals surface area contributed by atoms with Crippen LogP contribution in [0.4, 0.5) is 23.2 Å². The molecule has 4 rings (SSSR count). The van der Waals surface area contributed by atoms with Gasteiger partial charge in [0, 0.05) is 12.0 Å². The van der Waals surface area contributed by atoms with Gasteiger partial charge in [-0.25, -0.2) is 12.8 Å². The Kier molecular flexibility index (Phi) is 6.50. The lowest BCUT2D eigenvalue weighted by molar-refractivity contribution is -0.137. The molecule has 182 valence electrons. The fraction of sp³-hybridized carbons (Fsp3) is 0.160. The molecular formula is C25H18ClF4NO3S. The van der Waals surface area contributed by atoms with Gasteiger partial charge in [0.1, 0.15) is 5.82 Å². The monoisotopic (exact) mass is 523 g/mol. The molecule has 10 heteroatoms. The van der Waals surface area contributed by atoms with Gasteiger partial charge < -0.3 is 0 Å². The molecule has 4 nitrogen and oxygen atoms in total. The maximum Gasteiger partial charge on any atom is 0.416 e. The average Bonchev–Trinajstić information content (AvgIpc) is 2.78. The van der Waals surface area contributed by atoms with Crippen molar-refractivity contribution in [2.24, 2.45) is 0 Å². The first-order valence-corrected chi connectivity index (χ1v) is 12.2. The van der Waals surface area contributed by atoms with Gasteiger partial charge in [-0.15, -0.1) is 0 Å². The third-order valence-corrected chi connectivity index (χ3v) is 7.65. The predicted octanol–water partition coefficient (Wildman–Crippen LogP) is 6.38. The molecule has 0 spiro atoms. The minimum atomic E-state index is -4.73. The molecule has 1 aliphatic rings. The molecule has 0 aliphatic carbocycles. The lowest BCUT2D eigenvalue weighted by Crippen LogP contribution is -2.40. The summed E-state index contributed by atoms with van der Waals surface area (Å²) in [6.45, 7) is 1.13. The van der Waals surface area contributed by atoms with Crippen molar-refractivity contribution in [2.45, 2.75) is 24.4 Å². The molecule has 0 fully saturated rings. The molecule has 0 bridgehead atoms. The van der Waals surface area contributed by atoms with E-state index in [-0.39, 0.29) is 22.7 Å². The molecule has 0 amide bonds. The summed E-state index contributed by atoms with van der Waals surface area (Å²) < 4.78 is 81.3. The number of carbonyl (C=O) groups is 1. The lowest BCUT2D eigenvalue weighted by Gasteiger charge is -2.30. The second-order valence-electron chi connectivity index (χ2n) is 8.06. The summed E-state index contributed by atoms with van der Waals surface area (Å²) >= 11 is 6.13. The quantitative estimate of drug-likeness (QED) is 0.294. The van der Waals surface area contributed by atoms with E-state index in [4.69, 9.17) is 11.6 Å². The highest BCUT2D eigenvalue weighted by Gasteiger charge is 2.35. The van der Waals surface area contributed by atoms with Crippen molar-refractivity contribution in [1.29, 1.82) is 0 Å². The maximum absolute atomic E-state index is 14.3. The van der Waals surface area contributed by atoms with Gasteiger partial charge in [0.05, 0.1) is 27.7 Å². The van der Waals surface area contributed by atoms with Crippen LogP contribution in [0.2, 0.25) is 5.02 Å². The van der Waals surface area contributed by atoms with Gasteiger partial charge in [0.2, 0.25) is 0 Å². The number of hydrogen-bond donors (Lipinski definition) is 0. The van der Waals surface area contributed by atoms with Crippen LogP contribution >= 0.6 is 11.6 Å². The topological polar surface area (TPSA) is 54.5 Å². The summed E-state index contributed by atoms with van der Waals surface area (Å²) in [6, 6.07) is 12.4. The molecule has 0 saturated carbocycles. The number of alkyl halides is 3. The summed E-state index contributed by atoms with van der Waals surface area (Å²) in [5, 5.41) is 0.205.